The van der Waals surface area contributed by atoms with E-state index in [9.17, 15) is 22.8 Å². The average molecular weight is 604 g/mol. The number of rotatable bonds is 7. The molecule has 214 valence electrons. The third-order valence-electron chi connectivity index (χ3n) is 8.20. The topological polar surface area (TPSA) is 64.6 Å². The van der Waals surface area contributed by atoms with E-state index in [0.717, 1.165) is 62.3 Å². The summed E-state index contributed by atoms with van der Waals surface area (Å²) < 4.78 is 54.7. The fourth-order valence-electron chi connectivity index (χ4n) is 6.05. The summed E-state index contributed by atoms with van der Waals surface area (Å²) in [6, 6.07) is 7.80. The summed E-state index contributed by atoms with van der Waals surface area (Å²) in [6.07, 6.45) is 4.63. The molecule has 0 aromatic heterocycles. The molecule has 1 amide bonds. The van der Waals surface area contributed by atoms with Crippen molar-refractivity contribution in [2.75, 3.05) is 0 Å². The Balaban J connectivity index is 1.37. The van der Waals surface area contributed by atoms with E-state index in [2.05, 4.69) is 5.32 Å². The first-order chi connectivity index (χ1) is 19.7. The van der Waals surface area contributed by atoms with Crippen molar-refractivity contribution in [3.05, 3.63) is 86.7 Å². The van der Waals surface area contributed by atoms with Gasteiger partial charge in [-0.1, -0.05) is 41.4 Å². The number of amides is 1. The molecule has 2 saturated carbocycles. The smallest absolute Gasteiger partial charge is 0.329 e. The summed E-state index contributed by atoms with van der Waals surface area (Å²) in [7, 11) is 0. The quantitative estimate of drug-likeness (QED) is 0.283. The SMILES string of the molecule is O=C(N[C@@H](Cc1ccc(-c2c(Cl)cc(F)cc2Cl)c2c1C1CCC1O2)C(=O)OC1CCCC1)c1c(F)cccc1F. The Morgan fingerprint density at radius 3 is 2.29 bits per heavy atom. The molecular formula is C31H26Cl2F3NO4. The molecule has 1 aliphatic heterocycles. The molecule has 6 rings (SSSR count). The summed E-state index contributed by atoms with van der Waals surface area (Å²) in [6.45, 7) is 0. The lowest BCUT2D eigenvalue weighted by molar-refractivity contribution is -0.151. The van der Waals surface area contributed by atoms with E-state index in [1.807, 2.05) is 0 Å². The summed E-state index contributed by atoms with van der Waals surface area (Å²) >= 11 is 12.8. The molecular weight excluding hydrogens is 578 g/mol. The van der Waals surface area contributed by atoms with Gasteiger partial charge in [-0.05, 0) is 68.4 Å². The molecule has 10 heteroatoms. The number of halogens is 5. The first-order valence-electron chi connectivity index (χ1n) is 13.6. The van der Waals surface area contributed by atoms with Crippen molar-refractivity contribution in [2.24, 2.45) is 0 Å². The lowest BCUT2D eigenvalue weighted by Gasteiger charge is -2.29. The van der Waals surface area contributed by atoms with Gasteiger partial charge < -0.3 is 14.8 Å². The van der Waals surface area contributed by atoms with Crippen LogP contribution in [0.1, 0.15) is 65.9 Å². The van der Waals surface area contributed by atoms with Gasteiger partial charge in [-0.25, -0.2) is 18.0 Å². The minimum Gasteiger partial charge on any atom is -0.489 e. The van der Waals surface area contributed by atoms with Crippen molar-refractivity contribution >= 4 is 35.1 Å². The highest BCUT2D eigenvalue weighted by Crippen LogP contribution is 2.55. The molecule has 3 aromatic carbocycles. The van der Waals surface area contributed by atoms with Gasteiger partial charge in [0.1, 0.15) is 47.0 Å². The summed E-state index contributed by atoms with van der Waals surface area (Å²) in [5, 5.41) is 2.78. The summed E-state index contributed by atoms with van der Waals surface area (Å²) in [4.78, 5) is 26.4. The molecule has 2 aliphatic carbocycles. The summed E-state index contributed by atoms with van der Waals surface area (Å²) in [5.74, 6) is -3.77. The molecule has 5 nitrogen and oxygen atoms in total. The van der Waals surface area contributed by atoms with Gasteiger partial charge in [-0.15, -0.1) is 0 Å². The van der Waals surface area contributed by atoms with Crippen LogP contribution in [0.3, 0.4) is 0 Å². The minimum absolute atomic E-state index is 0.00738. The second-order valence-corrected chi connectivity index (χ2v) is 11.6. The molecule has 2 fully saturated rings. The molecule has 3 aliphatic rings. The van der Waals surface area contributed by atoms with Gasteiger partial charge in [-0.2, -0.15) is 0 Å². The van der Waals surface area contributed by atoms with Gasteiger partial charge in [-0.3, -0.25) is 4.79 Å². The number of carbonyl (C=O) groups is 2. The van der Waals surface area contributed by atoms with E-state index in [0.29, 0.717) is 22.4 Å². The maximum absolute atomic E-state index is 14.4. The van der Waals surface area contributed by atoms with Gasteiger partial charge >= 0.3 is 5.97 Å². The van der Waals surface area contributed by atoms with E-state index in [-0.39, 0.29) is 34.6 Å². The third-order valence-corrected chi connectivity index (χ3v) is 8.80. The fraction of sp³-hybridized carbons (Fsp3) is 0.355. The first kappa shape index (κ1) is 27.9. The van der Waals surface area contributed by atoms with Gasteiger partial charge in [0.15, 0.2) is 0 Å². The third kappa shape index (κ3) is 5.28. The van der Waals surface area contributed by atoms with Crippen molar-refractivity contribution in [3.8, 4) is 16.9 Å². The van der Waals surface area contributed by atoms with Gasteiger partial charge in [0.05, 0.1) is 10.0 Å². The van der Waals surface area contributed by atoms with E-state index >= 15 is 0 Å². The van der Waals surface area contributed by atoms with Crippen LogP contribution in [-0.2, 0) is 16.0 Å². The molecule has 3 atom stereocenters. The van der Waals surface area contributed by atoms with Gasteiger partial charge in [0.25, 0.3) is 5.91 Å². The molecule has 1 heterocycles. The number of esters is 1. The number of carbonyl (C=O) groups excluding carboxylic acids is 2. The highest BCUT2D eigenvalue weighted by atomic mass is 35.5. The number of fused-ring (bicyclic) bond motifs is 3. The Bertz CT molecular complexity index is 1500. The standard InChI is InChI=1S/C31H26Cl2F3NO4/c32-20-13-16(34)14-21(33)27(20)19-9-8-15(26-18-10-11-25(18)41-29(19)26)12-24(31(39)40-17-4-1-2-5-17)37-30(38)28-22(35)6-3-7-23(28)36/h3,6-9,13-14,17-18,24-25H,1-2,4-5,10-12H2,(H,37,38)/t18?,24-,25?/m0/s1. The van der Waals surface area contributed by atoms with Crippen molar-refractivity contribution in [1.82, 2.24) is 5.32 Å². The van der Waals surface area contributed by atoms with Crippen LogP contribution in [0.2, 0.25) is 10.0 Å². The Kier molecular flexibility index (Phi) is 7.64. The number of benzene rings is 3. The summed E-state index contributed by atoms with van der Waals surface area (Å²) in [5.41, 5.74) is 1.82. The van der Waals surface area contributed by atoms with E-state index in [1.165, 1.54) is 12.1 Å². The molecule has 0 saturated heterocycles. The van der Waals surface area contributed by atoms with Crippen molar-refractivity contribution in [2.45, 2.75) is 69.1 Å². The lowest BCUT2D eigenvalue weighted by Crippen LogP contribution is -2.45. The fourth-order valence-corrected chi connectivity index (χ4v) is 6.72. The maximum Gasteiger partial charge on any atom is 0.329 e. The van der Waals surface area contributed by atoms with Crippen LogP contribution in [0.25, 0.3) is 11.1 Å². The highest BCUT2D eigenvalue weighted by Gasteiger charge is 2.45. The Morgan fingerprint density at radius 1 is 0.976 bits per heavy atom. The average Bonchev–Trinajstić information content (AvgIpc) is 3.49. The zero-order valence-corrected chi connectivity index (χ0v) is 23.3. The van der Waals surface area contributed by atoms with Crippen LogP contribution in [0.5, 0.6) is 5.75 Å². The molecule has 0 spiro atoms. The molecule has 0 radical (unpaired) electrons. The Morgan fingerprint density at radius 2 is 1.66 bits per heavy atom. The lowest BCUT2D eigenvalue weighted by atomic mass is 9.76. The van der Waals surface area contributed by atoms with E-state index in [1.54, 1.807) is 12.1 Å². The van der Waals surface area contributed by atoms with Crippen LogP contribution in [0.15, 0.2) is 42.5 Å². The second kappa shape index (κ2) is 11.2. The molecule has 41 heavy (non-hydrogen) atoms. The number of nitrogens with one attached hydrogen (secondary N) is 1. The maximum atomic E-state index is 14.4. The van der Waals surface area contributed by atoms with Crippen molar-refractivity contribution in [1.29, 1.82) is 0 Å². The van der Waals surface area contributed by atoms with Crippen molar-refractivity contribution < 1.29 is 32.2 Å². The molecule has 0 bridgehead atoms. The Hall–Kier alpha value is -3.23. The highest BCUT2D eigenvalue weighted by molar-refractivity contribution is 6.39. The first-order valence-corrected chi connectivity index (χ1v) is 14.4. The predicted octanol–water partition coefficient (Wildman–Crippen LogP) is 7.54. The van der Waals surface area contributed by atoms with Gasteiger partial charge in [0.2, 0.25) is 0 Å². The van der Waals surface area contributed by atoms with Crippen LogP contribution in [0, 0.1) is 17.5 Å². The van der Waals surface area contributed by atoms with Crippen LogP contribution in [0.4, 0.5) is 13.2 Å². The zero-order valence-electron chi connectivity index (χ0n) is 21.8. The number of hydrogen-bond acceptors (Lipinski definition) is 4. The van der Waals surface area contributed by atoms with Crippen molar-refractivity contribution in [3.63, 3.8) is 0 Å². The van der Waals surface area contributed by atoms with E-state index < -0.39 is 40.9 Å². The van der Waals surface area contributed by atoms with Gasteiger partial charge in [0, 0.05) is 29.0 Å². The molecule has 2 unspecified atom stereocenters. The normalized spacial score (nSPS) is 20.0. The predicted molar refractivity (Wildman–Crippen MR) is 148 cm³/mol. The zero-order chi connectivity index (χ0) is 28.8. The second-order valence-electron chi connectivity index (χ2n) is 10.8. The van der Waals surface area contributed by atoms with Crippen LogP contribution in [-0.4, -0.2) is 30.1 Å². The Labute approximate surface area is 244 Å². The van der Waals surface area contributed by atoms with Crippen LogP contribution >= 0.6 is 23.2 Å². The molecule has 3 aromatic rings. The molecule has 1 N–H and O–H groups in total. The van der Waals surface area contributed by atoms with E-state index in [4.69, 9.17) is 32.7 Å². The minimum atomic E-state index is -1.21. The monoisotopic (exact) mass is 603 g/mol. The van der Waals surface area contributed by atoms with Crippen LogP contribution < -0.4 is 10.1 Å². The largest absolute Gasteiger partial charge is 0.489 e. The number of ether oxygens (including phenoxy) is 2. The number of hydrogen-bond donors (Lipinski definition) is 1.